The summed E-state index contributed by atoms with van der Waals surface area (Å²) < 4.78 is 42.2. The summed E-state index contributed by atoms with van der Waals surface area (Å²) in [6.45, 7) is 7.92. The molecule has 1 fully saturated rings. The number of hydrogen-bond donors (Lipinski definition) is 1. The number of rotatable bonds is 2. The largest absolute Gasteiger partial charge is 0.490 e. The topological polar surface area (TPSA) is 84.9 Å². The van der Waals surface area contributed by atoms with Crippen LogP contribution in [-0.2, 0) is 26.6 Å². The lowest BCUT2D eigenvalue weighted by molar-refractivity contribution is 0.0129. The molecule has 7 nitrogen and oxygen atoms in total. The van der Waals surface area contributed by atoms with Gasteiger partial charge in [0.05, 0.1) is 23.6 Å². The average molecular weight is 641 g/mol. The standard InChI is InChI=1S/C35H45ClN2O5S/c1-5-33-23(3)22(2)8-14-31(42-4)28-12-9-26(28)19-38-20-35(16-6-7-24-17-27(36)11-13-29(24)35)21-43-32-15-10-25(18-30(32)38)34(39)37-44(33,40)41/h8,10-11,13-15,17-18,22-23,26,28,31,33H,5-7,9,12,16,19-21H2,1-4H3,(H,37,39)/b14-8-/t22-,23+,26+,28-,31+,33-,35+/m1/s1. The first-order valence-electron chi connectivity index (χ1n) is 16.1. The molecule has 1 amide bonds. The normalized spacial score (nSPS) is 34.0. The van der Waals surface area contributed by atoms with Gasteiger partial charge in [0, 0.05) is 36.2 Å². The van der Waals surface area contributed by atoms with Crippen LogP contribution in [0.25, 0.3) is 0 Å². The Bertz CT molecular complexity index is 1540. The van der Waals surface area contributed by atoms with Crippen LogP contribution in [0.1, 0.15) is 74.4 Å². The van der Waals surface area contributed by atoms with Crippen LogP contribution in [0.5, 0.6) is 5.75 Å². The Hall–Kier alpha value is -2.55. The summed E-state index contributed by atoms with van der Waals surface area (Å²) >= 11 is 6.42. The van der Waals surface area contributed by atoms with Gasteiger partial charge in [-0.25, -0.2) is 13.1 Å². The molecule has 6 rings (SSSR count). The molecular weight excluding hydrogens is 596 g/mol. The molecule has 1 spiro atoms. The van der Waals surface area contributed by atoms with Crippen molar-refractivity contribution in [1.29, 1.82) is 0 Å². The summed E-state index contributed by atoms with van der Waals surface area (Å²) in [5.74, 6) is 0.670. The number of nitrogens with one attached hydrogen (secondary N) is 1. The minimum Gasteiger partial charge on any atom is -0.490 e. The number of nitrogens with zero attached hydrogens (tertiary/aromatic N) is 1. The first-order valence-corrected chi connectivity index (χ1v) is 18.1. The molecule has 2 aliphatic carbocycles. The van der Waals surface area contributed by atoms with Gasteiger partial charge < -0.3 is 14.4 Å². The second-order valence-electron chi connectivity index (χ2n) is 13.5. The molecule has 0 radical (unpaired) electrons. The second kappa shape index (κ2) is 12.3. The number of allylic oxidation sites excluding steroid dienone is 1. The Kier molecular flexibility index (Phi) is 8.81. The predicted molar refractivity (Wildman–Crippen MR) is 175 cm³/mol. The van der Waals surface area contributed by atoms with Crippen LogP contribution >= 0.6 is 11.6 Å². The first kappa shape index (κ1) is 31.4. The van der Waals surface area contributed by atoms with Gasteiger partial charge in [-0.05, 0) is 104 Å². The van der Waals surface area contributed by atoms with E-state index in [0.717, 1.165) is 61.7 Å². The minimum absolute atomic E-state index is 0.0101. The van der Waals surface area contributed by atoms with Gasteiger partial charge >= 0.3 is 0 Å². The summed E-state index contributed by atoms with van der Waals surface area (Å²) in [7, 11) is -2.16. The van der Waals surface area contributed by atoms with E-state index < -0.39 is 21.2 Å². The number of amides is 1. The fourth-order valence-electron chi connectivity index (χ4n) is 8.12. The Morgan fingerprint density at radius 3 is 2.68 bits per heavy atom. The summed E-state index contributed by atoms with van der Waals surface area (Å²) in [5.41, 5.74) is 3.48. The lowest BCUT2D eigenvalue weighted by Gasteiger charge is -2.46. The zero-order valence-electron chi connectivity index (χ0n) is 26.2. The van der Waals surface area contributed by atoms with Gasteiger partial charge in [-0.1, -0.05) is 50.6 Å². The molecule has 9 heteroatoms. The Balaban J connectivity index is 1.44. The highest BCUT2D eigenvalue weighted by Gasteiger charge is 2.44. The quantitative estimate of drug-likeness (QED) is 0.376. The number of hydrogen-bond acceptors (Lipinski definition) is 6. The van der Waals surface area contributed by atoms with E-state index in [9.17, 15) is 13.2 Å². The molecule has 0 unspecified atom stereocenters. The highest BCUT2D eigenvalue weighted by atomic mass is 35.5. The zero-order chi connectivity index (χ0) is 31.2. The fourth-order valence-corrected chi connectivity index (χ4v) is 10.1. The van der Waals surface area contributed by atoms with Crippen LogP contribution in [0, 0.1) is 23.7 Å². The molecule has 1 N–H and O–H groups in total. The third kappa shape index (κ3) is 5.78. The summed E-state index contributed by atoms with van der Waals surface area (Å²) in [4.78, 5) is 16.0. The molecule has 2 heterocycles. The highest BCUT2D eigenvalue weighted by Crippen LogP contribution is 2.47. The number of carbonyl (C=O) groups excluding carboxylic acids is 1. The Morgan fingerprint density at radius 1 is 1.14 bits per heavy atom. The molecule has 1 saturated carbocycles. The molecule has 2 aliphatic heterocycles. The number of fused-ring (bicyclic) bond motifs is 4. The van der Waals surface area contributed by atoms with Crippen molar-refractivity contribution in [2.45, 2.75) is 76.1 Å². The molecule has 2 aromatic rings. The van der Waals surface area contributed by atoms with E-state index in [0.29, 0.717) is 30.4 Å². The lowest BCUT2D eigenvalue weighted by atomic mass is 9.68. The van der Waals surface area contributed by atoms with E-state index in [1.807, 2.05) is 39.0 Å². The van der Waals surface area contributed by atoms with Gasteiger partial charge in [-0.2, -0.15) is 0 Å². The molecule has 44 heavy (non-hydrogen) atoms. The van der Waals surface area contributed by atoms with Crippen LogP contribution in [-0.4, -0.2) is 52.5 Å². The van der Waals surface area contributed by atoms with Crippen LogP contribution in [0.15, 0.2) is 48.6 Å². The molecule has 0 saturated heterocycles. The van der Waals surface area contributed by atoms with Crippen LogP contribution < -0.4 is 14.4 Å². The zero-order valence-corrected chi connectivity index (χ0v) is 27.8. The van der Waals surface area contributed by atoms with Crippen molar-refractivity contribution < 1.29 is 22.7 Å². The van der Waals surface area contributed by atoms with Gasteiger partial charge in [0.15, 0.2) is 0 Å². The first-order chi connectivity index (χ1) is 21.0. The number of aryl methyl sites for hydroxylation is 1. The third-order valence-electron chi connectivity index (χ3n) is 11.0. The number of anilines is 1. The SMILES string of the molecule is CC[C@@H]1[C@@H](C)[C@H](C)/C=C\[C@H](OC)[C@@H]2CC[C@H]2CN2C[C@@]3(CCCc4cc(Cl)ccc43)COc3ccc(cc32)C(=O)NS1(=O)=O. The minimum atomic E-state index is -3.93. The number of benzene rings is 2. The van der Waals surface area contributed by atoms with Crippen molar-refractivity contribution in [2.24, 2.45) is 23.7 Å². The van der Waals surface area contributed by atoms with Crippen molar-refractivity contribution in [1.82, 2.24) is 4.72 Å². The number of methoxy groups -OCH3 is 1. The molecule has 2 bridgehead atoms. The monoisotopic (exact) mass is 640 g/mol. The van der Waals surface area contributed by atoms with E-state index in [-0.39, 0.29) is 23.4 Å². The average Bonchev–Trinajstić information content (AvgIpc) is 3.13. The van der Waals surface area contributed by atoms with Gasteiger partial charge in [-0.3, -0.25) is 4.79 Å². The molecule has 7 atom stereocenters. The fraction of sp³-hybridized carbons (Fsp3) is 0.571. The highest BCUT2D eigenvalue weighted by molar-refractivity contribution is 7.90. The van der Waals surface area contributed by atoms with Crippen LogP contribution in [0.4, 0.5) is 5.69 Å². The maximum absolute atomic E-state index is 13.6. The lowest BCUT2D eigenvalue weighted by Crippen LogP contribution is -2.49. The Morgan fingerprint density at radius 2 is 1.95 bits per heavy atom. The summed E-state index contributed by atoms with van der Waals surface area (Å²) in [6, 6.07) is 11.6. The molecular formula is C35H45ClN2O5S. The molecule has 4 aliphatic rings. The van der Waals surface area contributed by atoms with Crippen molar-refractivity contribution in [2.75, 3.05) is 31.7 Å². The molecule has 0 aromatic heterocycles. The smallest absolute Gasteiger partial charge is 0.264 e. The molecule has 238 valence electrons. The maximum atomic E-state index is 13.6. The summed E-state index contributed by atoms with van der Waals surface area (Å²) in [6.07, 6.45) is 9.82. The van der Waals surface area contributed by atoms with Crippen molar-refractivity contribution in [3.8, 4) is 5.75 Å². The van der Waals surface area contributed by atoms with E-state index >= 15 is 0 Å². The summed E-state index contributed by atoms with van der Waals surface area (Å²) in [5, 5.41) is 0.0380. The number of sulfonamides is 1. The van der Waals surface area contributed by atoms with Crippen molar-refractivity contribution in [3.05, 3.63) is 70.3 Å². The Labute approximate surface area is 267 Å². The van der Waals surface area contributed by atoms with Crippen molar-refractivity contribution >= 4 is 33.2 Å². The van der Waals surface area contributed by atoms with Crippen molar-refractivity contribution in [3.63, 3.8) is 0 Å². The van der Waals surface area contributed by atoms with Crippen LogP contribution in [0.3, 0.4) is 0 Å². The molecule has 2 aromatic carbocycles. The maximum Gasteiger partial charge on any atom is 0.264 e. The van der Waals surface area contributed by atoms with Gasteiger partial charge in [0.25, 0.3) is 5.91 Å². The van der Waals surface area contributed by atoms with E-state index in [1.165, 1.54) is 11.1 Å². The third-order valence-corrected chi connectivity index (χ3v) is 13.2. The van der Waals surface area contributed by atoms with E-state index in [4.69, 9.17) is 21.1 Å². The van der Waals surface area contributed by atoms with Gasteiger partial charge in [0.2, 0.25) is 10.0 Å². The van der Waals surface area contributed by atoms with Crippen LogP contribution in [0.2, 0.25) is 5.02 Å². The number of carbonyl (C=O) groups is 1. The van der Waals surface area contributed by atoms with Gasteiger partial charge in [-0.15, -0.1) is 0 Å². The second-order valence-corrected chi connectivity index (χ2v) is 15.9. The predicted octanol–water partition coefficient (Wildman–Crippen LogP) is 6.53. The van der Waals surface area contributed by atoms with Gasteiger partial charge in [0.1, 0.15) is 5.75 Å². The van der Waals surface area contributed by atoms with E-state index in [2.05, 4.69) is 33.9 Å². The number of halogens is 1. The number of ether oxygens (including phenoxy) is 2. The van der Waals surface area contributed by atoms with E-state index in [1.54, 1.807) is 13.2 Å².